The van der Waals surface area contributed by atoms with Crippen molar-refractivity contribution in [3.8, 4) is 0 Å². The van der Waals surface area contributed by atoms with E-state index >= 15 is 0 Å². The van der Waals surface area contributed by atoms with E-state index in [0.717, 1.165) is 6.42 Å². The van der Waals surface area contributed by atoms with Crippen molar-refractivity contribution in [2.75, 3.05) is 6.61 Å². The van der Waals surface area contributed by atoms with Crippen LogP contribution in [0.1, 0.15) is 46.5 Å². The smallest absolute Gasteiger partial charge is 0.434 e. The summed E-state index contributed by atoms with van der Waals surface area (Å²) in [4.78, 5) is 33.7. The number of carbonyl (C=O) groups is 3. The molecule has 1 unspecified atom stereocenters. The fraction of sp³-hybridized carbons (Fsp3) is 0.769. The molecule has 0 aromatic rings. The summed E-state index contributed by atoms with van der Waals surface area (Å²) < 4.78 is 10.0. The molecule has 7 heteroatoms. The molecule has 0 spiro atoms. The molecule has 0 aliphatic heterocycles. The molecule has 0 aliphatic carbocycles. The van der Waals surface area contributed by atoms with Crippen molar-refractivity contribution in [3.63, 3.8) is 0 Å². The fourth-order valence-electron chi connectivity index (χ4n) is 1.48. The molecule has 0 aliphatic rings. The number of carbonyl (C=O) groups excluding carboxylic acids is 3. The van der Waals surface area contributed by atoms with Crippen LogP contribution in [0.4, 0.5) is 4.79 Å². The highest BCUT2D eigenvalue weighted by molar-refractivity contribution is 6.35. The van der Waals surface area contributed by atoms with Gasteiger partial charge in [-0.25, -0.2) is 10.6 Å². The van der Waals surface area contributed by atoms with Crippen LogP contribution in [-0.2, 0) is 19.1 Å². The molecule has 0 fully saturated rings. The molecule has 1 amide bonds. The molecule has 3 N–H and O–H groups in total. The summed E-state index contributed by atoms with van der Waals surface area (Å²) >= 11 is 0. The van der Waals surface area contributed by atoms with E-state index in [4.69, 9.17) is 15.3 Å². The third-order valence-electron chi connectivity index (χ3n) is 2.49. The van der Waals surface area contributed by atoms with Gasteiger partial charge < -0.3 is 9.47 Å². The number of ether oxygens (including phenoxy) is 2. The lowest BCUT2D eigenvalue weighted by molar-refractivity contribution is -0.138. The van der Waals surface area contributed by atoms with Gasteiger partial charge in [0.1, 0.15) is 6.10 Å². The fourth-order valence-corrected chi connectivity index (χ4v) is 1.48. The first kappa shape index (κ1) is 18.4. The Morgan fingerprint density at radius 3 is 2.35 bits per heavy atom. The van der Waals surface area contributed by atoms with E-state index in [1.807, 2.05) is 20.8 Å². The standard InChI is InChI=1S/C13H24N2O5/c1-4-5-10(6-7-11(16)12(17)15-14)20-13(18)19-8-9(2)3/h9-10H,4-8,14H2,1-3H3,(H,15,17). The minimum atomic E-state index is -0.845. The van der Waals surface area contributed by atoms with Gasteiger partial charge in [-0.3, -0.25) is 15.0 Å². The number of amides is 1. The molecule has 7 nitrogen and oxygen atoms in total. The lowest BCUT2D eigenvalue weighted by Gasteiger charge is -2.17. The predicted molar refractivity (Wildman–Crippen MR) is 72.5 cm³/mol. The Morgan fingerprint density at radius 1 is 1.20 bits per heavy atom. The van der Waals surface area contributed by atoms with Crippen LogP contribution in [0.2, 0.25) is 0 Å². The summed E-state index contributed by atoms with van der Waals surface area (Å²) in [7, 11) is 0. The number of hydrogen-bond acceptors (Lipinski definition) is 6. The highest BCUT2D eigenvalue weighted by Crippen LogP contribution is 2.11. The average molecular weight is 288 g/mol. The summed E-state index contributed by atoms with van der Waals surface area (Å²) in [6.45, 7) is 6.05. The molecule has 1 atom stereocenters. The molecule has 0 heterocycles. The predicted octanol–water partition coefficient (Wildman–Crippen LogP) is 1.30. The van der Waals surface area contributed by atoms with Crippen LogP contribution < -0.4 is 11.3 Å². The Hall–Kier alpha value is -1.63. The van der Waals surface area contributed by atoms with Gasteiger partial charge in [-0.05, 0) is 18.8 Å². The normalized spacial score (nSPS) is 11.8. The Kier molecular flexibility index (Phi) is 9.36. The highest BCUT2D eigenvalue weighted by Gasteiger charge is 2.19. The summed E-state index contributed by atoms with van der Waals surface area (Å²) in [6.07, 6.45) is 0.470. The molecule has 0 rings (SSSR count). The quantitative estimate of drug-likeness (QED) is 0.218. The topological polar surface area (TPSA) is 108 Å². The molecular formula is C13H24N2O5. The zero-order valence-electron chi connectivity index (χ0n) is 12.3. The van der Waals surface area contributed by atoms with Crippen molar-refractivity contribution in [1.82, 2.24) is 5.43 Å². The minimum absolute atomic E-state index is 0.0227. The van der Waals surface area contributed by atoms with E-state index < -0.39 is 23.9 Å². The second-order valence-electron chi connectivity index (χ2n) is 4.92. The maximum atomic E-state index is 11.4. The van der Waals surface area contributed by atoms with Crippen LogP contribution in [0.25, 0.3) is 0 Å². The maximum absolute atomic E-state index is 11.4. The Balaban J connectivity index is 4.18. The first-order valence-corrected chi connectivity index (χ1v) is 6.77. The van der Waals surface area contributed by atoms with Gasteiger partial charge >= 0.3 is 12.1 Å². The van der Waals surface area contributed by atoms with Crippen LogP contribution in [0.3, 0.4) is 0 Å². The van der Waals surface area contributed by atoms with Crippen molar-refractivity contribution in [1.29, 1.82) is 0 Å². The Labute approximate surface area is 119 Å². The number of nitrogens with one attached hydrogen (secondary N) is 1. The van der Waals surface area contributed by atoms with E-state index in [-0.39, 0.29) is 25.4 Å². The lowest BCUT2D eigenvalue weighted by Crippen LogP contribution is -2.36. The van der Waals surface area contributed by atoms with E-state index in [0.29, 0.717) is 6.42 Å². The Morgan fingerprint density at radius 2 is 1.85 bits per heavy atom. The van der Waals surface area contributed by atoms with Crippen molar-refractivity contribution < 1.29 is 23.9 Å². The zero-order valence-corrected chi connectivity index (χ0v) is 12.3. The molecule has 0 aromatic heterocycles. The third-order valence-corrected chi connectivity index (χ3v) is 2.49. The summed E-state index contributed by atoms with van der Waals surface area (Å²) in [5.74, 6) is 3.61. The maximum Gasteiger partial charge on any atom is 0.508 e. The van der Waals surface area contributed by atoms with Gasteiger partial charge in [0, 0.05) is 6.42 Å². The van der Waals surface area contributed by atoms with Crippen LogP contribution in [0.5, 0.6) is 0 Å². The van der Waals surface area contributed by atoms with Crippen LogP contribution in [-0.4, -0.2) is 30.6 Å². The molecule has 116 valence electrons. The van der Waals surface area contributed by atoms with Crippen LogP contribution in [0.15, 0.2) is 0 Å². The lowest BCUT2D eigenvalue weighted by atomic mass is 10.1. The van der Waals surface area contributed by atoms with Crippen molar-refractivity contribution in [2.45, 2.75) is 52.6 Å². The summed E-state index contributed by atoms with van der Waals surface area (Å²) in [6, 6.07) is 0. The first-order valence-electron chi connectivity index (χ1n) is 6.77. The largest absolute Gasteiger partial charge is 0.508 e. The number of nitrogens with two attached hydrogens (primary N) is 1. The molecule has 0 radical (unpaired) electrons. The molecule has 0 bridgehead atoms. The van der Waals surface area contributed by atoms with Gasteiger partial charge in [-0.1, -0.05) is 27.2 Å². The average Bonchev–Trinajstić information content (AvgIpc) is 2.41. The number of rotatable bonds is 9. The molecular weight excluding hydrogens is 264 g/mol. The van der Waals surface area contributed by atoms with E-state index in [1.165, 1.54) is 0 Å². The highest BCUT2D eigenvalue weighted by atomic mass is 16.7. The number of hydrogen-bond donors (Lipinski definition) is 2. The number of Topliss-reactive ketones (excluding diaryl/α,β-unsaturated/α-hetero) is 1. The Bertz CT molecular complexity index is 331. The van der Waals surface area contributed by atoms with E-state index in [2.05, 4.69) is 0 Å². The SMILES string of the molecule is CCCC(CCC(=O)C(=O)NN)OC(=O)OCC(C)C. The first-order chi connectivity index (χ1) is 9.40. The monoisotopic (exact) mass is 288 g/mol. The molecule has 0 saturated carbocycles. The van der Waals surface area contributed by atoms with Gasteiger partial charge in [0.2, 0.25) is 5.78 Å². The van der Waals surface area contributed by atoms with Gasteiger partial charge in [0.15, 0.2) is 0 Å². The van der Waals surface area contributed by atoms with Crippen LogP contribution >= 0.6 is 0 Å². The summed E-state index contributed by atoms with van der Waals surface area (Å²) in [5.41, 5.74) is 1.77. The second-order valence-corrected chi connectivity index (χ2v) is 4.92. The summed E-state index contributed by atoms with van der Waals surface area (Å²) in [5, 5.41) is 0. The van der Waals surface area contributed by atoms with E-state index in [9.17, 15) is 14.4 Å². The van der Waals surface area contributed by atoms with Crippen molar-refractivity contribution in [2.24, 2.45) is 11.8 Å². The third kappa shape index (κ3) is 8.47. The van der Waals surface area contributed by atoms with Crippen molar-refractivity contribution in [3.05, 3.63) is 0 Å². The van der Waals surface area contributed by atoms with Crippen molar-refractivity contribution >= 4 is 17.8 Å². The molecule has 0 aromatic carbocycles. The molecule has 0 saturated heterocycles. The minimum Gasteiger partial charge on any atom is -0.434 e. The molecule has 20 heavy (non-hydrogen) atoms. The second kappa shape index (κ2) is 10.2. The number of ketones is 1. The van der Waals surface area contributed by atoms with Gasteiger partial charge in [0.05, 0.1) is 6.61 Å². The van der Waals surface area contributed by atoms with Gasteiger partial charge in [-0.2, -0.15) is 0 Å². The van der Waals surface area contributed by atoms with E-state index in [1.54, 1.807) is 5.43 Å². The number of hydrazine groups is 1. The van der Waals surface area contributed by atoms with Crippen LogP contribution in [0, 0.1) is 5.92 Å². The zero-order chi connectivity index (χ0) is 15.5. The van der Waals surface area contributed by atoms with Gasteiger partial charge in [0.25, 0.3) is 0 Å². The van der Waals surface area contributed by atoms with Gasteiger partial charge in [-0.15, -0.1) is 0 Å².